The smallest absolute Gasteiger partial charge is 0.258 e. The third-order valence-corrected chi connectivity index (χ3v) is 10.8. The highest BCUT2D eigenvalue weighted by Gasteiger charge is 2.36. The van der Waals surface area contributed by atoms with Crippen LogP contribution in [0, 0.1) is 0 Å². The minimum atomic E-state index is -0.578. The molecule has 3 heterocycles. The first-order valence-electron chi connectivity index (χ1n) is 16.3. The van der Waals surface area contributed by atoms with Gasteiger partial charge >= 0.3 is 0 Å². The molecule has 262 valence electrons. The molecule has 1 aromatic heterocycles. The summed E-state index contributed by atoms with van der Waals surface area (Å²) >= 11 is 8.32. The Labute approximate surface area is 312 Å². The largest absolute Gasteiger partial charge is 0.503 e. The number of unbranched alkanes of at least 4 members (excludes halogenated alkanes) is 2. The van der Waals surface area contributed by atoms with Gasteiger partial charge in [0, 0.05) is 52.2 Å². The van der Waals surface area contributed by atoms with Gasteiger partial charge < -0.3 is 34.9 Å². The first-order valence-corrected chi connectivity index (χ1v) is 18.8. The third kappa shape index (κ3) is 7.70. The number of methoxy groups -OCH3 is 2. The number of phenolic OH excluding ortho intramolecular Hbond substituents is 1. The maximum Gasteiger partial charge on any atom is 0.258 e. The van der Waals surface area contributed by atoms with Crippen LogP contribution >= 0.6 is 43.2 Å². The molecule has 0 saturated heterocycles. The lowest BCUT2D eigenvalue weighted by atomic mass is 9.81. The predicted molar refractivity (Wildman–Crippen MR) is 203 cm³/mol. The highest BCUT2D eigenvalue weighted by atomic mass is 79.9. The summed E-state index contributed by atoms with van der Waals surface area (Å²) in [7, 11) is 3.13. The maximum absolute atomic E-state index is 13.8. The fourth-order valence-electron chi connectivity index (χ4n) is 6.51. The standard InChI is InChI=1S/C37H38Br2N4O6S/c1-37(21-33(44)42-36-40-11-14-50-36)27-20-31(30(47-2)18-23(27)9-10-41-37)49-13-6-4-5-12-43-29-8-7-24(38)19-25(29)26(35(43)46)15-22-16-28(39)34(45)32(17-22)48-3/h7-8,11,14-20,41,45H,4-6,9-10,12-13,21H2,1-3H3,(H,40,42,44). The Balaban J connectivity index is 1.08. The summed E-state index contributed by atoms with van der Waals surface area (Å²) in [6, 6.07) is 13.3. The van der Waals surface area contributed by atoms with Crippen LogP contribution in [-0.2, 0) is 21.5 Å². The Morgan fingerprint density at radius 2 is 1.92 bits per heavy atom. The molecule has 2 aliphatic rings. The summed E-state index contributed by atoms with van der Waals surface area (Å²) in [4.78, 5) is 32.7. The van der Waals surface area contributed by atoms with Gasteiger partial charge in [0.15, 0.2) is 28.1 Å². The molecule has 0 bridgehead atoms. The van der Waals surface area contributed by atoms with Crippen LogP contribution in [-0.4, -0.2) is 55.8 Å². The van der Waals surface area contributed by atoms with E-state index in [1.54, 1.807) is 25.4 Å². The Hall–Kier alpha value is -3.91. The second-order valence-corrected chi connectivity index (χ2v) is 15.0. The number of nitrogens with one attached hydrogen (secondary N) is 2. The number of hydrogen-bond acceptors (Lipinski definition) is 9. The molecule has 10 nitrogen and oxygen atoms in total. The van der Waals surface area contributed by atoms with Crippen molar-refractivity contribution in [1.82, 2.24) is 10.3 Å². The number of rotatable bonds is 13. The summed E-state index contributed by atoms with van der Waals surface area (Å²) < 4.78 is 18.6. The lowest BCUT2D eigenvalue weighted by Crippen LogP contribution is -2.47. The van der Waals surface area contributed by atoms with E-state index in [0.29, 0.717) is 45.6 Å². The van der Waals surface area contributed by atoms with Crippen molar-refractivity contribution in [3.8, 4) is 23.0 Å². The van der Waals surface area contributed by atoms with Crippen LogP contribution in [0.1, 0.15) is 54.9 Å². The van der Waals surface area contributed by atoms with Crippen LogP contribution in [0.25, 0.3) is 11.6 Å². The summed E-state index contributed by atoms with van der Waals surface area (Å²) in [6.45, 7) is 3.83. The van der Waals surface area contributed by atoms with Crippen molar-refractivity contribution in [2.75, 3.05) is 44.1 Å². The lowest BCUT2D eigenvalue weighted by Gasteiger charge is -2.37. The van der Waals surface area contributed by atoms with Gasteiger partial charge in [-0.25, -0.2) is 4.98 Å². The van der Waals surface area contributed by atoms with E-state index < -0.39 is 5.54 Å². The highest BCUT2D eigenvalue weighted by Crippen LogP contribution is 2.42. The van der Waals surface area contributed by atoms with E-state index in [9.17, 15) is 14.7 Å². The van der Waals surface area contributed by atoms with Crippen LogP contribution in [0.5, 0.6) is 23.0 Å². The minimum Gasteiger partial charge on any atom is -0.503 e. The number of carbonyl (C=O) groups excluding carboxylic acids is 2. The van der Waals surface area contributed by atoms with Gasteiger partial charge in [-0.1, -0.05) is 15.9 Å². The fraction of sp³-hybridized carbons (Fsp3) is 0.324. The number of nitrogens with zero attached hydrogens (tertiary/aromatic N) is 2. The number of fused-ring (bicyclic) bond motifs is 2. The van der Waals surface area contributed by atoms with Crippen molar-refractivity contribution in [2.24, 2.45) is 0 Å². The quantitative estimate of drug-likeness (QED) is 0.0919. The fourth-order valence-corrected chi connectivity index (χ4v) is 7.88. The molecule has 0 aliphatic carbocycles. The Morgan fingerprint density at radius 3 is 2.68 bits per heavy atom. The Morgan fingerprint density at radius 1 is 1.10 bits per heavy atom. The predicted octanol–water partition coefficient (Wildman–Crippen LogP) is 7.92. The molecule has 4 aromatic rings. The van der Waals surface area contributed by atoms with Crippen LogP contribution in [0.3, 0.4) is 0 Å². The Bertz CT molecular complexity index is 1940. The van der Waals surface area contributed by atoms with Crippen LogP contribution in [0.15, 0.2) is 63.0 Å². The SMILES string of the molecule is COc1cc2c(cc1OCCCCCN1C(=O)C(=Cc3cc(Br)c(O)c(OC)c3)c3cc(Br)ccc31)C(C)(CC(=O)Nc1nccs1)NCC2. The maximum atomic E-state index is 13.8. The second kappa shape index (κ2) is 15.5. The van der Waals surface area contributed by atoms with Crippen molar-refractivity contribution in [3.63, 3.8) is 0 Å². The monoisotopic (exact) mass is 824 g/mol. The highest BCUT2D eigenvalue weighted by molar-refractivity contribution is 9.10. The zero-order valence-electron chi connectivity index (χ0n) is 28.0. The van der Waals surface area contributed by atoms with Gasteiger partial charge in [-0.15, -0.1) is 11.3 Å². The Kier molecular flexibility index (Phi) is 11.2. The van der Waals surface area contributed by atoms with E-state index >= 15 is 0 Å². The van der Waals surface area contributed by atoms with E-state index in [1.807, 2.05) is 53.6 Å². The zero-order chi connectivity index (χ0) is 35.4. The molecule has 2 aliphatic heterocycles. The number of thiazole rings is 1. The number of aromatic nitrogens is 1. The van der Waals surface area contributed by atoms with Crippen LogP contribution in [0.4, 0.5) is 10.8 Å². The summed E-state index contributed by atoms with van der Waals surface area (Å²) in [5.41, 5.74) is 4.59. The van der Waals surface area contributed by atoms with E-state index in [2.05, 4.69) is 47.5 Å². The molecule has 0 spiro atoms. The first-order chi connectivity index (χ1) is 24.1. The number of ether oxygens (including phenoxy) is 3. The van der Waals surface area contributed by atoms with Crippen molar-refractivity contribution in [2.45, 2.75) is 44.6 Å². The summed E-state index contributed by atoms with van der Waals surface area (Å²) in [5, 5.41) is 19.1. The molecule has 1 unspecified atom stereocenters. The number of hydrogen-bond donors (Lipinski definition) is 3. The van der Waals surface area contributed by atoms with Gasteiger partial charge in [0.25, 0.3) is 5.91 Å². The number of halogens is 2. The molecule has 0 radical (unpaired) electrons. The van der Waals surface area contributed by atoms with E-state index in [4.69, 9.17) is 14.2 Å². The van der Waals surface area contributed by atoms with Crippen molar-refractivity contribution in [3.05, 3.63) is 85.2 Å². The summed E-state index contributed by atoms with van der Waals surface area (Å²) in [6.07, 6.45) is 6.98. The molecule has 50 heavy (non-hydrogen) atoms. The van der Waals surface area contributed by atoms with Crippen molar-refractivity contribution >= 4 is 77.5 Å². The molecule has 6 rings (SSSR count). The average Bonchev–Trinajstić information content (AvgIpc) is 3.69. The number of amides is 2. The van der Waals surface area contributed by atoms with Gasteiger partial charge in [0.2, 0.25) is 5.91 Å². The average molecular weight is 827 g/mol. The molecule has 0 fully saturated rings. The van der Waals surface area contributed by atoms with E-state index in [1.165, 1.54) is 18.4 Å². The summed E-state index contributed by atoms with van der Waals surface area (Å²) in [5.74, 6) is 1.46. The zero-order valence-corrected chi connectivity index (χ0v) is 32.0. The molecule has 13 heteroatoms. The topological polar surface area (TPSA) is 122 Å². The minimum absolute atomic E-state index is 0.00847. The first kappa shape index (κ1) is 35.9. The van der Waals surface area contributed by atoms with Crippen LogP contribution in [0.2, 0.25) is 0 Å². The van der Waals surface area contributed by atoms with Gasteiger partial charge in [0.05, 0.1) is 31.0 Å². The molecular weight excluding hydrogens is 788 g/mol. The number of carbonyl (C=O) groups is 2. The number of phenols is 1. The van der Waals surface area contributed by atoms with Crippen molar-refractivity contribution < 1.29 is 28.9 Å². The molecule has 3 aromatic carbocycles. The second-order valence-electron chi connectivity index (χ2n) is 12.4. The molecule has 2 amide bonds. The number of anilines is 2. The van der Waals surface area contributed by atoms with E-state index in [0.717, 1.165) is 64.6 Å². The van der Waals surface area contributed by atoms with Crippen molar-refractivity contribution in [1.29, 1.82) is 0 Å². The lowest BCUT2D eigenvalue weighted by molar-refractivity contribution is -0.117. The number of benzene rings is 3. The molecule has 1 atom stereocenters. The van der Waals surface area contributed by atoms with Gasteiger partial charge in [0.1, 0.15) is 0 Å². The number of aromatic hydroxyl groups is 1. The van der Waals surface area contributed by atoms with Crippen LogP contribution < -0.4 is 29.7 Å². The molecule has 0 saturated carbocycles. The molecule has 3 N–H and O–H groups in total. The molecular formula is C37H38Br2N4O6S. The van der Waals surface area contributed by atoms with Gasteiger partial charge in [-0.05, 0) is 114 Å². The third-order valence-electron chi connectivity index (χ3n) is 8.97. The van der Waals surface area contributed by atoms with Gasteiger partial charge in [-0.3, -0.25) is 9.59 Å². The van der Waals surface area contributed by atoms with E-state index in [-0.39, 0.29) is 24.0 Å². The van der Waals surface area contributed by atoms with Gasteiger partial charge in [-0.2, -0.15) is 0 Å². The normalized spacial score (nSPS) is 17.4.